The zero-order valence-electron chi connectivity index (χ0n) is 10.9. The number of carbonyl (C=O) groups is 1. The minimum absolute atomic E-state index is 0.181. The molecular formula is C15H14Cl2N2O. The Morgan fingerprint density at radius 3 is 2.60 bits per heavy atom. The number of rotatable bonds is 3. The van der Waals surface area contributed by atoms with Crippen LogP contribution in [0.3, 0.4) is 0 Å². The van der Waals surface area contributed by atoms with Crippen LogP contribution in [0.5, 0.6) is 0 Å². The van der Waals surface area contributed by atoms with Gasteiger partial charge in [-0.15, -0.1) is 0 Å². The fraction of sp³-hybridized carbons (Fsp3) is 0.133. The van der Waals surface area contributed by atoms with E-state index in [1.54, 1.807) is 36.2 Å². The minimum atomic E-state index is -0.181. The molecule has 0 aliphatic carbocycles. The molecule has 0 aliphatic rings. The second kappa shape index (κ2) is 6.16. The molecule has 2 aromatic rings. The van der Waals surface area contributed by atoms with Gasteiger partial charge in [-0.25, -0.2) is 0 Å². The molecule has 104 valence electrons. The first-order chi connectivity index (χ1) is 9.49. The molecule has 0 spiro atoms. The molecule has 0 bridgehead atoms. The predicted octanol–water partition coefficient (Wildman–Crippen LogP) is 3.85. The molecule has 0 unspecified atom stereocenters. The zero-order valence-corrected chi connectivity index (χ0v) is 12.4. The summed E-state index contributed by atoms with van der Waals surface area (Å²) in [5.74, 6) is -0.181. The lowest BCUT2D eigenvalue weighted by Gasteiger charge is -2.18. The van der Waals surface area contributed by atoms with E-state index in [-0.39, 0.29) is 10.9 Å². The van der Waals surface area contributed by atoms with Gasteiger partial charge < -0.3 is 10.6 Å². The molecule has 0 fully saturated rings. The van der Waals surface area contributed by atoms with Crippen LogP contribution in [0.2, 0.25) is 10.0 Å². The van der Waals surface area contributed by atoms with Gasteiger partial charge in [-0.05, 0) is 29.8 Å². The van der Waals surface area contributed by atoms with E-state index in [1.165, 1.54) is 0 Å². The fourth-order valence-corrected chi connectivity index (χ4v) is 2.29. The van der Waals surface area contributed by atoms with Gasteiger partial charge in [0, 0.05) is 19.3 Å². The van der Waals surface area contributed by atoms with E-state index in [2.05, 4.69) is 0 Å². The third-order valence-electron chi connectivity index (χ3n) is 2.90. The highest BCUT2D eigenvalue weighted by Crippen LogP contribution is 2.26. The standard InChI is InChI=1S/C15H14Cl2N2O/c1-19(9-10-4-2-5-11(18)8-10)15(20)12-6-3-7-13(16)14(12)17/h2-8H,9,18H2,1H3. The van der Waals surface area contributed by atoms with Gasteiger partial charge in [0.15, 0.2) is 0 Å². The van der Waals surface area contributed by atoms with Gasteiger partial charge in [0.25, 0.3) is 5.91 Å². The van der Waals surface area contributed by atoms with Crippen LogP contribution in [0, 0.1) is 0 Å². The van der Waals surface area contributed by atoms with E-state index in [1.807, 2.05) is 18.2 Å². The molecule has 20 heavy (non-hydrogen) atoms. The molecular weight excluding hydrogens is 295 g/mol. The maximum absolute atomic E-state index is 12.4. The summed E-state index contributed by atoms with van der Waals surface area (Å²) in [4.78, 5) is 13.9. The Hall–Kier alpha value is -1.71. The molecule has 0 radical (unpaired) electrons. The maximum atomic E-state index is 12.4. The molecule has 0 aliphatic heterocycles. The monoisotopic (exact) mass is 308 g/mol. The van der Waals surface area contributed by atoms with Crippen LogP contribution in [0.15, 0.2) is 42.5 Å². The summed E-state index contributed by atoms with van der Waals surface area (Å²) >= 11 is 12.0. The van der Waals surface area contributed by atoms with Crippen molar-refractivity contribution in [2.75, 3.05) is 12.8 Å². The van der Waals surface area contributed by atoms with E-state index < -0.39 is 0 Å². The van der Waals surface area contributed by atoms with Gasteiger partial charge in [0.2, 0.25) is 0 Å². The number of carbonyl (C=O) groups excluding carboxylic acids is 1. The van der Waals surface area contributed by atoms with Crippen molar-refractivity contribution in [3.05, 3.63) is 63.6 Å². The van der Waals surface area contributed by atoms with Gasteiger partial charge in [-0.2, -0.15) is 0 Å². The number of amides is 1. The average molecular weight is 309 g/mol. The quantitative estimate of drug-likeness (QED) is 0.875. The number of halogens is 2. The summed E-state index contributed by atoms with van der Waals surface area (Å²) < 4.78 is 0. The fourth-order valence-electron chi connectivity index (χ4n) is 1.91. The average Bonchev–Trinajstić information content (AvgIpc) is 2.41. The maximum Gasteiger partial charge on any atom is 0.255 e. The number of benzene rings is 2. The lowest BCUT2D eigenvalue weighted by molar-refractivity contribution is 0.0785. The summed E-state index contributed by atoms with van der Waals surface area (Å²) in [5, 5.41) is 0.647. The summed E-state index contributed by atoms with van der Waals surface area (Å²) in [6.07, 6.45) is 0. The topological polar surface area (TPSA) is 46.3 Å². The number of anilines is 1. The lowest BCUT2D eigenvalue weighted by atomic mass is 10.1. The molecule has 3 nitrogen and oxygen atoms in total. The summed E-state index contributed by atoms with van der Waals surface area (Å²) in [7, 11) is 1.71. The molecule has 0 saturated heterocycles. The van der Waals surface area contributed by atoms with Crippen LogP contribution >= 0.6 is 23.2 Å². The van der Waals surface area contributed by atoms with Crippen LogP contribution in [0.4, 0.5) is 5.69 Å². The number of nitrogen functional groups attached to an aromatic ring is 1. The van der Waals surface area contributed by atoms with Crippen molar-refractivity contribution >= 4 is 34.8 Å². The summed E-state index contributed by atoms with van der Waals surface area (Å²) in [6, 6.07) is 12.4. The van der Waals surface area contributed by atoms with E-state index in [4.69, 9.17) is 28.9 Å². The van der Waals surface area contributed by atoms with Crippen molar-refractivity contribution < 1.29 is 4.79 Å². The largest absolute Gasteiger partial charge is 0.399 e. The predicted molar refractivity (Wildman–Crippen MR) is 83.1 cm³/mol. The lowest BCUT2D eigenvalue weighted by Crippen LogP contribution is -2.26. The Labute approximate surface area is 127 Å². The van der Waals surface area contributed by atoms with Crippen LogP contribution in [-0.4, -0.2) is 17.9 Å². The van der Waals surface area contributed by atoms with Gasteiger partial charge >= 0.3 is 0 Å². The smallest absolute Gasteiger partial charge is 0.255 e. The Morgan fingerprint density at radius 2 is 1.90 bits per heavy atom. The second-order valence-corrected chi connectivity index (χ2v) is 5.29. The van der Waals surface area contributed by atoms with Gasteiger partial charge in [-0.3, -0.25) is 4.79 Å². The van der Waals surface area contributed by atoms with Crippen LogP contribution in [-0.2, 0) is 6.54 Å². The number of hydrogen-bond donors (Lipinski definition) is 1. The molecule has 2 aromatic carbocycles. The minimum Gasteiger partial charge on any atom is -0.399 e. The second-order valence-electron chi connectivity index (χ2n) is 4.51. The van der Waals surface area contributed by atoms with Gasteiger partial charge in [0.1, 0.15) is 0 Å². The Balaban J connectivity index is 2.19. The van der Waals surface area contributed by atoms with Gasteiger partial charge in [-0.1, -0.05) is 41.4 Å². The molecule has 1 amide bonds. The molecule has 2 rings (SSSR count). The highest BCUT2D eigenvalue weighted by molar-refractivity contribution is 6.43. The molecule has 5 heteroatoms. The molecule has 2 N–H and O–H groups in total. The van der Waals surface area contributed by atoms with E-state index in [0.717, 1.165) is 5.56 Å². The summed E-state index contributed by atoms with van der Waals surface area (Å²) in [6.45, 7) is 0.451. The highest BCUT2D eigenvalue weighted by Gasteiger charge is 2.16. The van der Waals surface area contributed by atoms with Crippen LogP contribution < -0.4 is 5.73 Å². The SMILES string of the molecule is CN(Cc1cccc(N)c1)C(=O)c1cccc(Cl)c1Cl. The first kappa shape index (κ1) is 14.7. The normalized spacial score (nSPS) is 10.3. The first-order valence-corrected chi connectivity index (χ1v) is 6.78. The van der Waals surface area contributed by atoms with Crippen molar-refractivity contribution in [2.45, 2.75) is 6.54 Å². The number of nitrogens with zero attached hydrogens (tertiary/aromatic N) is 1. The third kappa shape index (κ3) is 3.24. The van der Waals surface area contributed by atoms with Crippen molar-refractivity contribution in [2.24, 2.45) is 0 Å². The Kier molecular flexibility index (Phi) is 4.53. The highest BCUT2D eigenvalue weighted by atomic mass is 35.5. The van der Waals surface area contributed by atoms with E-state index in [0.29, 0.717) is 22.8 Å². The summed E-state index contributed by atoms with van der Waals surface area (Å²) in [5.41, 5.74) is 7.75. The molecule has 0 aromatic heterocycles. The number of hydrogen-bond acceptors (Lipinski definition) is 2. The van der Waals surface area contributed by atoms with Crippen molar-refractivity contribution in [1.29, 1.82) is 0 Å². The van der Waals surface area contributed by atoms with Gasteiger partial charge in [0.05, 0.1) is 15.6 Å². The zero-order chi connectivity index (χ0) is 14.7. The number of nitrogens with two attached hydrogens (primary N) is 1. The molecule has 0 atom stereocenters. The first-order valence-electron chi connectivity index (χ1n) is 6.03. The van der Waals surface area contributed by atoms with E-state index >= 15 is 0 Å². The molecule has 0 heterocycles. The Morgan fingerprint density at radius 1 is 1.20 bits per heavy atom. The van der Waals surface area contributed by atoms with Crippen LogP contribution in [0.25, 0.3) is 0 Å². The molecule has 0 saturated carbocycles. The van der Waals surface area contributed by atoms with Crippen molar-refractivity contribution in [3.8, 4) is 0 Å². The Bertz CT molecular complexity index is 644. The van der Waals surface area contributed by atoms with Crippen LogP contribution in [0.1, 0.15) is 15.9 Å². The van der Waals surface area contributed by atoms with E-state index in [9.17, 15) is 4.79 Å². The van der Waals surface area contributed by atoms with Crippen molar-refractivity contribution in [1.82, 2.24) is 4.90 Å². The van der Waals surface area contributed by atoms with Crippen molar-refractivity contribution in [3.63, 3.8) is 0 Å². The third-order valence-corrected chi connectivity index (χ3v) is 3.72.